The minimum atomic E-state index is -0.491. The van der Waals surface area contributed by atoms with Crippen molar-refractivity contribution in [1.29, 1.82) is 0 Å². The van der Waals surface area contributed by atoms with Crippen LogP contribution in [0.5, 0.6) is 5.75 Å². The van der Waals surface area contributed by atoms with E-state index in [4.69, 9.17) is 31.2 Å². The number of rotatable bonds is 9. The van der Waals surface area contributed by atoms with Gasteiger partial charge in [0.2, 0.25) is 11.1 Å². The quantitative estimate of drug-likeness (QED) is 0.186. The maximum Gasteiger partial charge on any atom is 0.338 e. The minimum absolute atomic E-state index is 0.280. The second-order valence-corrected chi connectivity index (χ2v) is 10.1. The molecule has 0 bridgehead atoms. The Morgan fingerprint density at radius 1 is 1.03 bits per heavy atom. The Balaban J connectivity index is 1.40. The van der Waals surface area contributed by atoms with E-state index in [1.54, 1.807) is 23.4 Å². The summed E-state index contributed by atoms with van der Waals surface area (Å²) in [7, 11) is 0. The largest absolute Gasteiger partial charge is 0.489 e. The van der Waals surface area contributed by atoms with E-state index in [9.17, 15) is 4.79 Å². The first-order valence-electron chi connectivity index (χ1n) is 12.3. The summed E-state index contributed by atoms with van der Waals surface area (Å²) in [5.41, 5.74) is 4.27. The summed E-state index contributed by atoms with van der Waals surface area (Å²) >= 11 is 7.52. The molecule has 0 fully saturated rings. The van der Waals surface area contributed by atoms with Crippen LogP contribution in [0.25, 0.3) is 0 Å². The maximum absolute atomic E-state index is 13.0. The van der Waals surface area contributed by atoms with Crippen molar-refractivity contribution in [3.63, 3.8) is 0 Å². The SMILES string of the molecule is CCOC(=O)C1=C(C)Nc2nc(SCc3ccccc3)nn2C1c1ccc(OCc2ccc(Cl)cc2)cc1. The number of esters is 1. The fourth-order valence-electron chi connectivity index (χ4n) is 4.19. The number of anilines is 1. The molecule has 9 heteroatoms. The molecule has 38 heavy (non-hydrogen) atoms. The van der Waals surface area contributed by atoms with Gasteiger partial charge in [0.15, 0.2) is 0 Å². The highest BCUT2D eigenvalue weighted by Crippen LogP contribution is 2.37. The number of benzene rings is 3. The monoisotopic (exact) mass is 546 g/mol. The van der Waals surface area contributed by atoms with Crippen molar-refractivity contribution < 1.29 is 14.3 Å². The minimum Gasteiger partial charge on any atom is -0.489 e. The number of hydrogen-bond donors (Lipinski definition) is 1. The average molecular weight is 547 g/mol. The molecule has 4 aromatic rings. The van der Waals surface area contributed by atoms with Crippen molar-refractivity contribution in [2.24, 2.45) is 0 Å². The normalized spacial score (nSPS) is 14.6. The van der Waals surface area contributed by atoms with Crippen LogP contribution in [0, 0.1) is 0 Å². The van der Waals surface area contributed by atoms with Crippen molar-refractivity contribution in [3.8, 4) is 5.75 Å². The molecule has 0 saturated carbocycles. The fraction of sp³-hybridized carbons (Fsp3) is 0.207. The number of allylic oxidation sites excluding steroid dienone is 1. The van der Waals surface area contributed by atoms with Crippen molar-refractivity contribution in [2.75, 3.05) is 11.9 Å². The summed E-state index contributed by atoms with van der Waals surface area (Å²) in [6.07, 6.45) is 0. The standard InChI is InChI=1S/C29H27ClN4O3S/c1-3-36-27(35)25-19(2)31-28-32-29(38-18-21-7-5-4-6-8-21)33-34(28)26(25)22-11-15-24(16-12-22)37-17-20-9-13-23(30)14-10-20/h4-16,26H,3,17-18H2,1-2H3,(H,31,32,33). The molecule has 0 radical (unpaired) electrons. The Hall–Kier alpha value is -3.75. The summed E-state index contributed by atoms with van der Waals surface area (Å²) in [6, 6.07) is 24.9. The van der Waals surface area contributed by atoms with Gasteiger partial charge in [0, 0.05) is 16.5 Å². The Labute approximate surface area is 230 Å². The first-order chi connectivity index (χ1) is 18.5. The predicted octanol–water partition coefficient (Wildman–Crippen LogP) is 6.65. The lowest BCUT2D eigenvalue weighted by molar-refractivity contribution is -0.139. The Bertz CT molecular complexity index is 1440. The van der Waals surface area contributed by atoms with Gasteiger partial charge in [0.05, 0.1) is 12.2 Å². The number of ether oxygens (including phenoxy) is 2. The highest BCUT2D eigenvalue weighted by molar-refractivity contribution is 7.98. The lowest BCUT2D eigenvalue weighted by Crippen LogP contribution is -2.29. The summed E-state index contributed by atoms with van der Waals surface area (Å²) in [5.74, 6) is 1.66. The van der Waals surface area contributed by atoms with Gasteiger partial charge in [-0.3, -0.25) is 0 Å². The highest BCUT2D eigenvalue weighted by atomic mass is 35.5. The number of carbonyl (C=O) groups is 1. The van der Waals surface area contributed by atoms with Crippen LogP contribution < -0.4 is 10.1 Å². The smallest absolute Gasteiger partial charge is 0.338 e. The summed E-state index contributed by atoms with van der Waals surface area (Å²) in [4.78, 5) is 17.8. The first kappa shape index (κ1) is 25.9. The van der Waals surface area contributed by atoms with Gasteiger partial charge < -0.3 is 14.8 Å². The molecule has 5 rings (SSSR count). The van der Waals surface area contributed by atoms with Gasteiger partial charge in [-0.15, -0.1) is 5.10 Å². The van der Waals surface area contributed by atoms with E-state index in [-0.39, 0.29) is 12.6 Å². The van der Waals surface area contributed by atoms with E-state index in [0.717, 1.165) is 16.9 Å². The molecule has 0 spiro atoms. The third kappa shape index (κ3) is 5.87. The molecule has 1 aliphatic heterocycles. The molecular formula is C29H27ClN4O3S. The van der Waals surface area contributed by atoms with Gasteiger partial charge in [-0.05, 0) is 54.8 Å². The number of hydrogen-bond acceptors (Lipinski definition) is 7. The lowest BCUT2D eigenvalue weighted by atomic mass is 9.96. The van der Waals surface area contributed by atoms with Crippen LogP contribution >= 0.6 is 23.4 Å². The van der Waals surface area contributed by atoms with Crippen LogP contribution in [0.4, 0.5) is 5.95 Å². The van der Waals surface area contributed by atoms with Gasteiger partial charge in [-0.1, -0.05) is 78.0 Å². The molecule has 2 heterocycles. The third-order valence-electron chi connectivity index (χ3n) is 6.05. The van der Waals surface area contributed by atoms with E-state index in [0.29, 0.717) is 39.8 Å². The number of carbonyl (C=O) groups excluding carboxylic acids is 1. The van der Waals surface area contributed by atoms with Crippen molar-refractivity contribution in [1.82, 2.24) is 14.8 Å². The average Bonchev–Trinajstić information content (AvgIpc) is 3.34. The molecule has 1 aromatic heterocycles. The van der Waals surface area contributed by atoms with Crippen LogP contribution in [0.15, 0.2) is 95.3 Å². The number of thioether (sulfide) groups is 1. The molecule has 1 N–H and O–H groups in total. The van der Waals surface area contributed by atoms with Crippen LogP contribution in [0.3, 0.4) is 0 Å². The highest BCUT2D eigenvalue weighted by Gasteiger charge is 2.35. The molecule has 194 valence electrons. The van der Waals surface area contributed by atoms with Crippen LogP contribution in [0.1, 0.15) is 36.6 Å². The zero-order valence-corrected chi connectivity index (χ0v) is 22.6. The number of nitrogens with one attached hydrogen (secondary N) is 1. The summed E-state index contributed by atoms with van der Waals surface area (Å²) in [6.45, 7) is 4.36. The second kappa shape index (κ2) is 11.8. The van der Waals surface area contributed by atoms with E-state index < -0.39 is 6.04 Å². The fourth-order valence-corrected chi connectivity index (χ4v) is 5.10. The number of fused-ring (bicyclic) bond motifs is 1. The first-order valence-corrected chi connectivity index (χ1v) is 13.6. The predicted molar refractivity (Wildman–Crippen MR) is 149 cm³/mol. The molecule has 3 aromatic carbocycles. The van der Waals surface area contributed by atoms with Crippen LogP contribution in [0.2, 0.25) is 5.02 Å². The summed E-state index contributed by atoms with van der Waals surface area (Å²) in [5, 5.41) is 9.34. The van der Waals surface area contributed by atoms with Gasteiger partial charge in [0.25, 0.3) is 0 Å². The van der Waals surface area contributed by atoms with E-state index in [1.165, 1.54) is 5.56 Å². The molecular weight excluding hydrogens is 520 g/mol. The molecule has 1 aliphatic rings. The number of halogens is 1. The van der Waals surface area contributed by atoms with Gasteiger partial charge in [0.1, 0.15) is 18.4 Å². The summed E-state index contributed by atoms with van der Waals surface area (Å²) < 4.78 is 13.1. The lowest BCUT2D eigenvalue weighted by Gasteiger charge is -2.28. The number of aromatic nitrogens is 3. The Morgan fingerprint density at radius 2 is 1.76 bits per heavy atom. The maximum atomic E-state index is 13.0. The second-order valence-electron chi connectivity index (χ2n) is 8.71. The van der Waals surface area contributed by atoms with E-state index in [2.05, 4.69) is 17.4 Å². The number of nitrogens with zero attached hydrogens (tertiary/aromatic N) is 3. The van der Waals surface area contributed by atoms with E-state index >= 15 is 0 Å². The molecule has 0 aliphatic carbocycles. The molecule has 0 saturated heterocycles. The van der Waals surface area contributed by atoms with Crippen LogP contribution in [-0.2, 0) is 21.9 Å². The molecule has 7 nitrogen and oxygen atoms in total. The topological polar surface area (TPSA) is 78.3 Å². The van der Waals surface area contributed by atoms with Gasteiger partial charge in [-0.2, -0.15) is 4.98 Å². The van der Waals surface area contributed by atoms with Crippen molar-refractivity contribution >= 4 is 35.3 Å². The van der Waals surface area contributed by atoms with Crippen LogP contribution in [-0.4, -0.2) is 27.3 Å². The molecule has 0 amide bonds. The van der Waals surface area contributed by atoms with E-state index in [1.807, 2.05) is 73.7 Å². The molecule has 1 unspecified atom stereocenters. The Kier molecular flexibility index (Phi) is 8.00. The zero-order valence-electron chi connectivity index (χ0n) is 21.1. The van der Waals surface area contributed by atoms with Gasteiger partial charge in [-0.25, -0.2) is 9.48 Å². The van der Waals surface area contributed by atoms with Crippen molar-refractivity contribution in [2.45, 2.75) is 37.4 Å². The van der Waals surface area contributed by atoms with Crippen molar-refractivity contribution in [3.05, 3.63) is 112 Å². The zero-order chi connectivity index (χ0) is 26.5. The Morgan fingerprint density at radius 3 is 2.47 bits per heavy atom. The third-order valence-corrected chi connectivity index (χ3v) is 7.21. The molecule has 1 atom stereocenters. The van der Waals surface area contributed by atoms with Gasteiger partial charge >= 0.3 is 5.97 Å².